The number of hydrogen-bond acceptors (Lipinski definition) is 5. The van der Waals surface area contributed by atoms with Gasteiger partial charge in [-0.1, -0.05) is 43.0 Å². The molecule has 0 spiro atoms. The molecule has 0 aliphatic carbocycles. The van der Waals surface area contributed by atoms with Crippen molar-refractivity contribution in [1.82, 2.24) is 0 Å². The van der Waals surface area contributed by atoms with E-state index < -0.39 is 15.8 Å². The van der Waals surface area contributed by atoms with Gasteiger partial charge in [-0.2, -0.15) is 0 Å². The zero-order valence-electron chi connectivity index (χ0n) is 14.4. The van der Waals surface area contributed by atoms with Crippen molar-refractivity contribution < 1.29 is 17.9 Å². The van der Waals surface area contributed by atoms with Crippen LogP contribution in [0.1, 0.15) is 11.1 Å². The van der Waals surface area contributed by atoms with Gasteiger partial charge < -0.3 is 4.74 Å². The van der Waals surface area contributed by atoms with Crippen LogP contribution in [-0.2, 0) is 19.4 Å². The van der Waals surface area contributed by atoms with Gasteiger partial charge in [0.1, 0.15) is 6.61 Å². The molecule has 0 aromatic heterocycles. The molecule has 6 heteroatoms. The van der Waals surface area contributed by atoms with Crippen LogP contribution in [0.25, 0.3) is 12.2 Å². The fourth-order valence-corrected chi connectivity index (χ4v) is 3.42. The largest absolute Gasteiger partial charge is 0.462 e. The molecule has 0 radical (unpaired) electrons. The molecule has 4 nitrogen and oxygen atoms in total. The highest BCUT2D eigenvalue weighted by Gasteiger charge is 2.05. The van der Waals surface area contributed by atoms with E-state index in [9.17, 15) is 13.2 Å². The smallest absolute Gasteiger partial charge is 0.330 e. The maximum Gasteiger partial charge on any atom is 0.330 e. The van der Waals surface area contributed by atoms with Crippen molar-refractivity contribution in [3.63, 3.8) is 0 Å². The molecule has 0 unspecified atom stereocenters. The fourth-order valence-electron chi connectivity index (χ4n) is 2.05. The third-order valence-electron chi connectivity index (χ3n) is 3.42. The third-order valence-corrected chi connectivity index (χ3v) is 5.52. The number of rotatable bonds is 8. The predicted octanol–water partition coefficient (Wildman–Crippen LogP) is 4.08. The van der Waals surface area contributed by atoms with Crippen molar-refractivity contribution in [2.45, 2.75) is 9.79 Å². The highest BCUT2D eigenvalue weighted by molar-refractivity contribution is 7.99. The first-order valence-electron chi connectivity index (χ1n) is 7.89. The molecule has 0 amide bonds. The summed E-state index contributed by atoms with van der Waals surface area (Å²) in [5, 5.41) is 0. The molecule has 0 saturated heterocycles. The minimum atomic E-state index is -3.17. The Kier molecular flexibility index (Phi) is 7.24. The van der Waals surface area contributed by atoms with Crippen LogP contribution in [0.4, 0.5) is 0 Å². The van der Waals surface area contributed by atoms with Crippen LogP contribution in [0.15, 0.2) is 71.0 Å². The summed E-state index contributed by atoms with van der Waals surface area (Å²) >= 11 is 1.61. The summed E-state index contributed by atoms with van der Waals surface area (Å²) in [4.78, 5) is 12.3. The monoisotopic (exact) mass is 388 g/mol. The second kappa shape index (κ2) is 9.40. The highest BCUT2D eigenvalue weighted by Crippen LogP contribution is 2.19. The van der Waals surface area contributed by atoms with Crippen molar-refractivity contribution >= 4 is 39.7 Å². The van der Waals surface area contributed by atoms with E-state index in [-0.39, 0.29) is 0 Å². The second-order valence-corrected chi connectivity index (χ2v) is 8.65. The number of benzene rings is 2. The molecule has 136 valence electrons. The van der Waals surface area contributed by atoms with Gasteiger partial charge in [-0.25, -0.2) is 13.2 Å². The number of carbonyl (C=O) groups excluding carboxylic acids is 1. The zero-order chi connectivity index (χ0) is 19.0. The lowest BCUT2D eigenvalue weighted by Crippen LogP contribution is -2.03. The number of thioether (sulfide) groups is 1. The van der Waals surface area contributed by atoms with E-state index >= 15 is 0 Å². The SMILES string of the molecule is C=CC(=O)OCCSc1ccc(/C=C/c2ccc(S(C)(=O)=O)cc2)cc1. The molecule has 26 heavy (non-hydrogen) atoms. The van der Waals surface area contributed by atoms with E-state index in [1.165, 1.54) is 6.26 Å². The lowest BCUT2D eigenvalue weighted by atomic mass is 10.1. The van der Waals surface area contributed by atoms with E-state index in [1.807, 2.05) is 36.4 Å². The molecule has 2 rings (SSSR count). The van der Waals surface area contributed by atoms with E-state index in [1.54, 1.807) is 36.0 Å². The Morgan fingerprint density at radius 2 is 1.58 bits per heavy atom. The molecular formula is C20H20O4S2. The van der Waals surface area contributed by atoms with Gasteiger partial charge in [0.25, 0.3) is 0 Å². The Morgan fingerprint density at radius 1 is 1.04 bits per heavy atom. The minimum absolute atomic E-state index is 0.315. The molecule has 0 N–H and O–H groups in total. The Bertz CT molecular complexity index is 880. The molecule has 0 aliphatic heterocycles. The van der Waals surface area contributed by atoms with Gasteiger partial charge in [0.05, 0.1) is 4.90 Å². The van der Waals surface area contributed by atoms with E-state index in [2.05, 4.69) is 6.58 Å². The number of hydrogen-bond donors (Lipinski definition) is 0. The van der Waals surface area contributed by atoms with Crippen LogP contribution in [0.3, 0.4) is 0 Å². The van der Waals surface area contributed by atoms with Crippen LogP contribution in [0.5, 0.6) is 0 Å². The normalized spacial score (nSPS) is 11.4. The van der Waals surface area contributed by atoms with Gasteiger partial charge in [0, 0.05) is 23.0 Å². The molecule has 0 aliphatic rings. The molecule has 2 aromatic carbocycles. The number of ether oxygens (including phenoxy) is 1. The van der Waals surface area contributed by atoms with Crippen molar-refractivity contribution in [2.75, 3.05) is 18.6 Å². The summed E-state index contributed by atoms with van der Waals surface area (Å²) < 4.78 is 27.8. The fraction of sp³-hybridized carbons (Fsp3) is 0.150. The second-order valence-electron chi connectivity index (χ2n) is 5.46. The van der Waals surface area contributed by atoms with Gasteiger partial charge in [0.2, 0.25) is 0 Å². The molecule has 0 fully saturated rings. The van der Waals surface area contributed by atoms with Crippen molar-refractivity contribution in [2.24, 2.45) is 0 Å². The first kappa shape index (κ1) is 20.0. The first-order chi connectivity index (χ1) is 12.4. The number of sulfone groups is 1. The Hall–Kier alpha value is -2.31. The standard InChI is InChI=1S/C20H20O4S2/c1-3-20(21)24-14-15-25-18-10-6-16(7-11-18)4-5-17-8-12-19(13-9-17)26(2,22)23/h3-13H,1,14-15H2,2H3/b5-4+. The van der Waals surface area contributed by atoms with Crippen LogP contribution in [0.2, 0.25) is 0 Å². The number of esters is 1. The summed E-state index contributed by atoms with van der Waals surface area (Å²) in [5.41, 5.74) is 1.97. The summed E-state index contributed by atoms with van der Waals surface area (Å²) in [7, 11) is -3.17. The van der Waals surface area contributed by atoms with E-state index in [0.29, 0.717) is 17.3 Å². The maximum atomic E-state index is 11.4. The first-order valence-corrected chi connectivity index (χ1v) is 10.8. The summed E-state index contributed by atoms with van der Waals surface area (Å²) in [6, 6.07) is 14.8. The van der Waals surface area contributed by atoms with Gasteiger partial charge in [-0.3, -0.25) is 0 Å². The van der Waals surface area contributed by atoms with Crippen molar-refractivity contribution in [1.29, 1.82) is 0 Å². The van der Waals surface area contributed by atoms with Crippen LogP contribution >= 0.6 is 11.8 Å². The lowest BCUT2D eigenvalue weighted by Gasteiger charge is -2.03. The Labute approximate surface area is 158 Å². The van der Waals surface area contributed by atoms with E-state index in [4.69, 9.17) is 4.74 Å². The average molecular weight is 389 g/mol. The highest BCUT2D eigenvalue weighted by atomic mass is 32.2. The van der Waals surface area contributed by atoms with Crippen molar-refractivity contribution in [3.05, 3.63) is 72.3 Å². The quantitative estimate of drug-likeness (QED) is 0.224. The molecule has 2 aromatic rings. The maximum absolute atomic E-state index is 11.4. The summed E-state index contributed by atoms with van der Waals surface area (Å²) in [6.07, 6.45) is 6.25. The predicted molar refractivity (Wildman–Crippen MR) is 107 cm³/mol. The minimum Gasteiger partial charge on any atom is -0.462 e. The number of carbonyl (C=O) groups is 1. The lowest BCUT2D eigenvalue weighted by molar-refractivity contribution is -0.137. The van der Waals surface area contributed by atoms with Crippen LogP contribution < -0.4 is 0 Å². The third kappa shape index (κ3) is 6.54. The van der Waals surface area contributed by atoms with Gasteiger partial charge in [-0.05, 0) is 35.4 Å². The van der Waals surface area contributed by atoms with Crippen LogP contribution in [0, 0.1) is 0 Å². The molecule has 0 atom stereocenters. The summed E-state index contributed by atoms with van der Waals surface area (Å²) in [6.45, 7) is 3.69. The Balaban J connectivity index is 1.89. The van der Waals surface area contributed by atoms with Crippen LogP contribution in [-0.4, -0.2) is 33.0 Å². The molecule has 0 heterocycles. The van der Waals surface area contributed by atoms with Gasteiger partial charge in [0.15, 0.2) is 9.84 Å². The zero-order valence-corrected chi connectivity index (χ0v) is 16.1. The van der Waals surface area contributed by atoms with Gasteiger partial charge >= 0.3 is 5.97 Å². The molecule has 0 bridgehead atoms. The average Bonchev–Trinajstić information content (AvgIpc) is 2.64. The topological polar surface area (TPSA) is 60.4 Å². The van der Waals surface area contributed by atoms with E-state index in [0.717, 1.165) is 22.1 Å². The van der Waals surface area contributed by atoms with Crippen molar-refractivity contribution in [3.8, 4) is 0 Å². The molecular weight excluding hydrogens is 368 g/mol. The Morgan fingerprint density at radius 3 is 2.08 bits per heavy atom. The summed E-state index contributed by atoms with van der Waals surface area (Å²) in [5.74, 6) is 0.275. The van der Waals surface area contributed by atoms with Gasteiger partial charge in [-0.15, -0.1) is 11.8 Å². The molecule has 0 saturated carbocycles.